The third kappa shape index (κ3) is 1.82. The number of ether oxygens (including phenoxy) is 1. The number of benzene rings is 1. The minimum atomic E-state index is -0.0969. The molecule has 0 radical (unpaired) electrons. The van der Waals surface area contributed by atoms with Gasteiger partial charge in [0.2, 0.25) is 5.91 Å². The van der Waals surface area contributed by atoms with Crippen LogP contribution in [0.25, 0.3) is 0 Å². The van der Waals surface area contributed by atoms with E-state index in [0.29, 0.717) is 12.5 Å². The third-order valence-corrected chi connectivity index (χ3v) is 4.93. The second-order valence-electron chi connectivity index (χ2n) is 6.43. The fourth-order valence-corrected chi connectivity index (χ4v) is 3.56. The second kappa shape index (κ2) is 4.22. The molecule has 1 amide bonds. The molecule has 106 valence electrons. The van der Waals surface area contributed by atoms with Gasteiger partial charge in [-0.1, -0.05) is 18.2 Å². The molecule has 2 aliphatic heterocycles. The van der Waals surface area contributed by atoms with Gasteiger partial charge in [0.05, 0.1) is 18.1 Å². The molecule has 0 bridgehead atoms. The minimum absolute atomic E-state index is 0.0521. The van der Waals surface area contributed by atoms with Crippen LogP contribution < -0.4 is 10.5 Å². The average Bonchev–Trinajstić information content (AvgIpc) is 3.27. The molecule has 4 rings (SSSR count). The Morgan fingerprint density at radius 1 is 1.25 bits per heavy atom. The van der Waals surface area contributed by atoms with E-state index in [1.807, 2.05) is 29.2 Å². The zero-order valence-corrected chi connectivity index (χ0v) is 11.5. The van der Waals surface area contributed by atoms with Crippen LogP contribution in [0.5, 0.6) is 5.75 Å². The molecule has 1 atom stereocenters. The summed E-state index contributed by atoms with van der Waals surface area (Å²) in [4.78, 5) is 14.6. The highest BCUT2D eigenvalue weighted by atomic mass is 16.5. The number of hydrogen-bond donors (Lipinski definition) is 1. The van der Waals surface area contributed by atoms with Crippen LogP contribution in [0.1, 0.15) is 30.7 Å². The van der Waals surface area contributed by atoms with E-state index in [0.717, 1.165) is 30.8 Å². The van der Waals surface area contributed by atoms with Gasteiger partial charge in [0.15, 0.2) is 0 Å². The summed E-state index contributed by atoms with van der Waals surface area (Å²) >= 11 is 0. The third-order valence-electron chi connectivity index (χ3n) is 4.93. The van der Waals surface area contributed by atoms with Gasteiger partial charge in [-0.05, 0) is 31.2 Å². The van der Waals surface area contributed by atoms with Crippen LogP contribution in [0.2, 0.25) is 0 Å². The van der Waals surface area contributed by atoms with Crippen LogP contribution in [-0.4, -0.2) is 36.0 Å². The lowest BCUT2D eigenvalue weighted by molar-refractivity contribution is -0.141. The van der Waals surface area contributed by atoms with Gasteiger partial charge in [0.25, 0.3) is 0 Å². The number of nitrogens with two attached hydrogens (primary N) is 1. The Hall–Kier alpha value is -1.55. The van der Waals surface area contributed by atoms with Crippen molar-refractivity contribution in [2.24, 2.45) is 11.7 Å². The summed E-state index contributed by atoms with van der Waals surface area (Å²) in [6, 6.07) is 7.88. The van der Waals surface area contributed by atoms with Gasteiger partial charge in [0, 0.05) is 18.7 Å². The number of para-hydroxylation sites is 1. The predicted molar refractivity (Wildman–Crippen MR) is 75.5 cm³/mol. The lowest BCUT2D eigenvalue weighted by Crippen LogP contribution is -2.70. The fourth-order valence-electron chi connectivity index (χ4n) is 3.56. The Labute approximate surface area is 118 Å². The number of carbonyl (C=O) groups excluding carboxylic acids is 1. The molecular weight excluding hydrogens is 252 g/mol. The molecule has 3 aliphatic rings. The van der Waals surface area contributed by atoms with E-state index < -0.39 is 0 Å². The van der Waals surface area contributed by atoms with E-state index in [-0.39, 0.29) is 17.4 Å². The first-order valence-corrected chi connectivity index (χ1v) is 7.47. The summed E-state index contributed by atoms with van der Waals surface area (Å²) in [7, 11) is 0. The van der Waals surface area contributed by atoms with Crippen molar-refractivity contribution in [3.05, 3.63) is 29.8 Å². The molecule has 1 aliphatic carbocycles. The van der Waals surface area contributed by atoms with Crippen molar-refractivity contribution in [1.82, 2.24) is 4.90 Å². The largest absolute Gasteiger partial charge is 0.493 e. The van der Waals surface area contributed by atoms with E-state index >= 15 is 0 Å². The molecule has 2 N–H and O–H groups in total. The Kier molecular flexibility index (Phi) is 2.58. The summed E-state index contributed by atoms with van der Waals surface area (Å²) in [5, 5.41) is 0. The maximum atomic E-state index is 12.7. The summed E-state index contributed by atoms with van der Waals surface area (Å²) < 4.78 is 5.63. The molecule has 2 fully saturated rings. The van der Waals surface area contributed by atoms with Crippen LogP contribution in [0, 0.1) is 5.92 Å². The van der Waals surface area contributed by atoms with Crippen LogP contribution >= 0.6 is 0 Å². The fraction of sp³-hybridized carbons (Fsp3) is 0.562. The van der Waals surface area contributed by atoms with Crippen molar-refractivity contribution in [2.75, 3.05) is 19.7 Å². The van der Waals surface area contributed by atoms with Crippen LogP contribution in [0.4, 0.5) is 0 Å². The Morgan fingerprint density at radius 2 is 2.00 bits per heavy atom. The zero-order chi connectivity index (χ0) is 13.7. The van der Waals surface area contributed by atoms with Crippen LogP contribution in [-0.2, 0) is 4.79 Å². The van der Waals surface area contributed by atoms with Gasteiger partial charge in [-0.15, -0.1) is 0 Å². The molecule has 4 heteroatoms. The standard InChI is InChI=1S/C16H20N2O2/c17-16(11-5-6-11)9-18(10-16)15(19)13-7-8-20-14-4-2-1-3-12(13)14/h1-4,11,13H,5-10,17H2. The number of amides is 1. The van der Waals surface area contributed by atoms with Gasteiger partial charge in [-0.2, -0.15) is 0 Å². The summed E-state index contributed by atoms with van der Waals surface area (Å²) in [5.74, 6) is 1.68. The molecule has 1 saturated heterocycles. The first kappa shape index (κ1) is 12.2. The van der Waals surface area contributed by atoms with Crippen molar-refractivity contribution in [2.45, 2.75) is 30.7 Å². The van der Waals surface area contributed by atoms with Gasteiger partial charge >= 0.3 is 0 Å². The molecule has 1 aromatic rings. The summed E-state index contributed by atoms with van der Waals surface area (Å²) in [6.45, 7) is 2.09. The van der Waals surface area contributed by atoms with Crippen LogP contribution in [0.15, 0.2) is 24.3 Å². The SMILES string of the molecule is NC1(C2CC2)CN(C(=O)C2CCOc3ccccc32)C1. The van der Waals surface area contributed by atoms with E-state index in [2.05, 4.69) is 0 Å². The van der Waals surface area contributed by atoms with Crippen molar-refractivity contribution < 1.29 is 9.53 Å². The molecule has 4 nitrogen and oxygen atoms in total. The number of fused-ring (bicyclic) bond motifs is 1. The number of hydrogen-bond acceptors (Lipinski definition) is 3. The van der Waals surface area contributed by atoms with Crippen molar-refractivity contribution >= 4 is 5.91 Å². The first-order valence-electron chi connectivity index (χ1n) is 7.47. The number of nitrogens with zero attached hydrogens (tertiary/aromatic N) is 1. The predicted octanol–water partition coefficient (Wildman–Crippen LogP) is 1.50. The Balaban J connectivity index is 1.50. The number of rotatable bonds is 2. The van der Waals surface area contributed by atoms with Gasteiger partial charge in [-0.25, -0.2) is 0 Å². The quantitative estimate of drug-likeness (QED) is 0.887. The highest BCUT2D eigenvalue weighted by molar-refractivity contribution is 5.86. The van der Waals surface area contributed by atoms with E-state index in [4.69, 9.17) is 10.5 Å². The maximum absolute atomic E-state index is 12.7. The van der Waals surface area contributed by atoms with E-state index in [1.54, 1.807) is 0 Å². The second-order valence-corrected chi connectivity index (χ2v) is 6.43. The van der Waals surface area contributed by atoms with E-state index in [1.165, 1.54) is 12.8 Å². The number of likely N-dealkylation sites (tertiary alicyclic amines) is 1. The number of carbonyl (C=O) groups is 1. The van der Waals surface area contributed by atoms with Gasteiger partial charge < -0.3 is 15.4 Å². The maximum Gasteiger partial charge on any atom is 0.230 e. The lowest BCUT2D eigenvalue weighted by Gasteiger charge is -2.49. The minimum Gasteiger partial charge on any atom is -0.493 e. The molecule has 1 saturated carbocycles. The normalized spacial score (nSPS) is 27.2. The van der Waals surface area contributed by atoms with Crippen molar-refractivity contribution in [3.8, 4) is 5.75 Å². The molecule has 0 aromatic heterocycles. The topological polar surface area (TPSA) is 55.6 Å². The molecular formula is C16H20N2O2. The average molecular weight is 272 g/mol. The zero-order valence-electron chi connectivity index (χ0n) is 11.5. The first-order chi connectivity index (χ1) is 9.67. The highest BCUT2D eigenvalue weighted by Gasteiger charge is 2.52. The Bertz CT molecular complexity index is 547. The summed E-state index contributed by atoms with van der Waals surface area (Å²) in [6.07, 6.45) is 3.24. The summed E-state index contributed by atoms with van der Waals surface area (Å²) in [5.41, 5.74) is 7.28. The molecule has 1 unspecified atom stereocenters. The van der Waals surface area contributed by atoms with Crippen molar-refractivity contribution in [3.63, 3.8) is 0 Å². The Morgan fingerprint density at radius 3 is 2.75 bits per heavy atom. The molecule has 20 heavy (non-hydrogen) atoms. The monoisotopic (exact) mass is 272 g/mol. The van der Waals surface area contributed by atoms with Gasteiger partial charge in [0.1, 0.15) is 5.75 Å². The highest BCUT2D eigenvalue weighted by Crippen LogP contribution is 2.44. The lowest BCUT2D eigenvalue weighted by atomic mass is 9.83. The molecule has 1 aromatic carbocycles. The van der Waals surface area contributed by atoms with E-state index in [9.17, 15) is 4.79 Å². The van der Waals surface area contributed by atoms with Crippen molar-refractivity contribution in [1.29, 1.82) is 0 Å². The smallest absolute Gasteiger partial charge is 0.230 e. The molecule has 2 heterocycles. The van der Waals surface area contributed by atoms with Gasteiger partial charge in [-0.3, -0.25) is 4.79 Å². The van der Waals surface area contributed by atoms with Crippen LogP contribution in [0.3, 0.4) is 0 Å². The molecule has 0 spiro atoms.